The van der Waals surface area contributed by atoms with Crippen LogP contribution in [0.15, 0.2) is 23.8 Å². The fourth-order valence-electron chi connectivity index (χ4n) is 7.98. The lowest BCUT2D eigenvalue weighted by Crippen LogP contribution is -2.70. The minimum atomic E-state index is -1.47. The molecular formula is C38H58O6. The van der Waals surface area contributed by atoms with Crippen LogP contribution in [0.3, 0.4) is 0 Å². The number of carbonyl (C=O) groups excluding carboxylic acids is 3. The number of carbonyl (C=O) groups is 3. The monoisotopic (exact) mass is 610 g/mol. The largest absolute Gasteiger partial charge is 0.506 e. The van der Waals surface area contributed by atoms with Crippen LogP contribution in [0.5, 0.6) is 11.5 Å². The molecule has 0 radical (unpaired) electrons. The molecule has 44 heavy (non-hydrogen) atoms. The second-order valence-electron chi connectivity index (χ2n) is 16.1. The van der Waals surface area contributed by atoms with Crippen molar-refractivity contribution in [2.24, 2.45) is 51.8 Å². The Bertz CT molecular complexity index is 1260. The average molecular weight is 611 g/mol. The van der Waals surface area contributed by atoms with E-state index in [-0.39, 0.29) is 46.3 Å². The van der Waals surface area contributed by atoms with Crippen molar-refractivity contribution in [1.29, 1.82) is 0 Å². The van der Waals surface area contributed by atoms with E-state index in [0.717, 1.165) is 31.7 Å². The van der Waals surface area contributed by atoms with Crippen molar-refractivity contribution in [1.82, 2.24) is 0 Å². The quantitative estimate of drug-likeness (QED) is 0.0675. The van der Waals surface area contributed by atoms with Gasteiger partial charge in [0, 0.05) is 5.56 Å². The first-order valence-electron chi connectivity index (χ1n) is 16.9. The summed E-state index contributed by atoms with van der Waals surface area (Å²) < 4.78 is 0. The minimum absolute atomic E-state index is 0.0259. The molecule has 0 saturated heterocycles. The first-order chi connectivity index (χ1) is 20.3. The summed E-state index contributed by atoms with van der Waals surface area (Å²) in [5, 5.41) is 31.9. The molecule has 4 atom stereocenters. The highest BCUT2D eigenvalue weighted by Gasteiger charge is 2.74. The highest BCUT2D eigenvalue weighted by molar-refractivity contribution is 6.41. The zero-order valence-corrected chi connectivity index (χ0v) is 28.9. The SMILES string of the molecule is CC(C)CCC(CC12CC(CCC(C)C)C(C)(C)C(CCC(C)C)(C(=O)C(=C(O)c3ccc(O)c(O)c3)C1=O)C2=O)C(C)C. The van der Waals surface area contributed by atoms with Crippen molar-refractivity contribution in [3.63, 3.8) is 0 Å². The number of aliphatic hydroxyl groups is 1. The van der Waals surface area contributed by atoms with Crippen LogP contribution in [-0.2, 0) is 14.4 Å². The Hall–Kier alpha value is -2.63. The van der Waals surface area contributed by atoms with Gasteiger partial charge < -0.3 is 15.3 Å². The molecule has 2 saturated carbocycles. The van der Waals surface area contributed by atoms with Crippen molar-refractivity contribution >= 4 is 23.1 Å². The Morgan fingerprint density at radius 2 is 1.41 bits per heavy atom. The Morgan fingerprint density at radius 1 is 0.818 bits per heavy atom. The second-order valence-corrected chi connectivity index (χ2v) is 16.1. The van der Waals surface area contributed by atoms with E-state index in [0.29, 0.717) is 37.5 Å². The molecule has 4 unspecified atom stereocenters. The molecular weight excluding hydrogens is 552 g/mol. The Labute approximate surface area is 265 Å². The summed E-state index contributed by atoms with van der Waals surface area (Å²) in [4.78, 5) is 45.2. The number of phenolic OH excluding ortho intramolecular Hbond substituents is 2. The number of hydrogen-bond acceptors (Lipinski definition) is 6. The average Bonchev–Trinajstić information content (AvgIpc) is 2.91. The van der Waals surface area contributed by atoms with Gasteiger partial charge in [-0.05, 0) is 97.6 Å². The number of ketones is 3. The Balaban J connectivity index is 2.39. The van der Waals surface area contributed by atoms with Crippen LogP contribution in [0, 0.1) is 51.8 Å². The fraction of sp³-hybridized carbons (Fsp3) is 0.711. The molecule has 246 valence electrons. The van der Waals surface area contributed by atoms with Gasteiger partial charge in [0.15, 0.2) is 28.8 Å². The molecule has 3 N–H and O–H groups in total. The topological polar surface area (TPSA) is 112 Å². The molecule has 2 bridgehead atoms. The van der Waals surface area contributed by atoms with Gasteiger partial charge in [-0.25, -0.2) is 0 Å². The highest BCUT2D eigenvalue weighted by atomic mass is 16.3. The van der Waals surface area contributed by atoms with Gasteiger partial charge >= 0.3 is 0 Å². The molecule has 0 amide bonds. The number of benzene rings is 1. The molecule has 2 aliphatic rings. The van der Waals surface area contributed by atoms with Crippen molar-refractivity contribution in [3.05, 3.63) is 29.3 Å². The van der Waals surface area contributed by atoms with E-state index >= 15 is 4.79 Å². The molecule has 0 heterocycles. The first-order valence-corrected chi connectivity index (χ1v) is 16.9. The summed E-state index contributed by atoms with van der Waals surface area (Å²) in [6.45, 7) is 21.2. The predicted molar refractivity (Wildman–Crippen MR) is 176 cm³/mol. The zero-order chi connectivity index (χ0) is 33.4. The van der Waals surface area contributed by atoms with E-state index < -0.39 is 39.3 Å². The first kappa shape index (κ1) is 35.8. The van der Waals surface area contributed by atoms with Crippen molar-refractivity contribution in [3.8, 4) is 11.5 Å². The van der Waals surface area contributed by atoms with Crippen LogP contribution in [0.1, 0.15) is 126 Å². The van der Waals surface area contributed by atoms with Crippen molar-refractivity contribution in [2.45, 2.75) is 121 Å². The third-order valence-corrected chi connectivity index (χ3v) is 11.2. The van der Waals surface area contributed by atoms with Gasteiger partial charge in [-0.3, -0.25) is 14.4 Å². The van der Waals surface area contributed by atoms with Gasteiger partial charge in [-0.2, -0.15) is 0 Å². The molecule has 1 aromatic carbocycles. The van der Waals surface area contributed by atoms with Crippen LogP contribution in [-0.4, -0.2) is 32.7 Å². The van der Waals surface area contributed by atoms with Crippen LogP contribution < -0.4 is 0 Å². The van der Waals surface area contributed by atoms with E-state index in [1.807, 2.05) is 13.8 Å². The predicted octanol–water partition coefficient (Wildman–Crippen LogP) is 9.08. The third kappa shape index (κ3) is 6.37. The summed E-state index contributed by atoms with van der Waals surface area (Å²) in [7, 11) is 0. The van der Waals surface area contributed by atoms with Crippen LogP contribution in [0.25, 0.3) is 5.76 Å². The number of fused-ring (bicyclic) bond motifs is 2. The van der Waals surface area contributed by atoms with Gasteiger partial charge in [-0.1, -0.05) is 82.1 Å². The van der Waals surface area contributed by atoms with Gasteiger partial charge in [0.25, 0.3) is 0 Å². The second kappa shape index (κ2) is 13.4. The normalized spacial score (nSPS) is 27.1. The summed E-state index contributed by atoms with van der Waals surface area (Å²) in [5.41, 5.74) is -3.89. The van der Waals surface area contributed by atoms with E-state index in [9.17, 15) is 24.9 Å². The van der Waals surface area contributed by atoms with Crippen LogP contribution in [0.2, 0.25) is 0 Å². The maximum Gasteiger partial charge on any atom is 0.184 e. The number of hydrogen-bond donors (Lipinski definition) is 3. The molecule has 0 spiro atoms. The maximum absolute atomic E-state index is 15.3. The summed E-state index contributed by atoms with van der Waals surface area (Å²) in [5.74, 6) is -1.33. The number of phenols is 2. The van der Waals surface area contributed by atoms with Gasteiger partial charge in [0.05, 0.1) is 10.8 Å². The lowest BCUT2D eigenvalue weighted by Gasteiger charge is -2.61. The van der Waals surface area contributed by atoms with E-state index in [1.54, 1.807) is 0 Å². The van der Waals surface area contributed by atoms with Gasteiger partial charge in [-0.15, -0.1) is 0 Å². The van der Waals surface area contributed by atoms with Crippen molar-refractivity contribution < 1.29 is 29.7 Å². The Morgan fingerprint density at radius 3 is 1.93 bits per heavy atom. The molecule has 6 nitrogen and oxygen atoms in total. The number of Topliss-reactive ketones (excluding diaryl/α,β-unsaturated/α-hetero) is 3. The third-order valence-electron chi connectivity index (χ3n) is 11.2. The van der Waals surface area contributed by atoms with Crippen LogP contribution in [0.4, 0.5) is 0 Å². The fourth-order valence-corrected chi connectivity index (χ4v) is 7.98. The van der Waals surface area contributed by atoms with E-state index in [4.69, 9.17) is 0 Å². The summed E-state index contributed by atoms with van der Waals surface area (Å²) in [6.07, 6.45) is 5.28. The molecule has 1 aromatic rings. The number of aromatic hydroxyl groups is 2. The number of aliphatic hydroxyl groups excluding tert-OH is 1. The highest BCUT2D eigenvalue weighted by Crippen LogP contribution is 2.66. The van der Waals surface area contributed by atoms with Gasteiger partial charge in [0.2, 0.25) is 0 Å². The summed E-state index contributed by atoms with van der Waals surface area (Å²) >= 11 is 0. The smallest absolute Gasteiger partial charge is 0.184 e. The zero-order valence-electron chi connectivity index (χ0n) is 28.9. The molecule has 3 rings (SSSR count). The Kier molecular flexibility index (Phi) is 10.9. The number of rotatable bonds is 13. The lowest BCUT2D eigenvalue weighted by molar-refractivity contribution is -0.180. The summed E-state index contributed by atoms with van der Waals surface area (Å²) in [6, 6.07) is 3.77. The maximum atomic E-state index is 15.3. The molecule has 0 aliphatic heterocycles. The van der Waals surface area contributed by atoms with Crippen LogP contribution >= 0.6 is 0 Å². The molecule has 2 fully saturated rings. The molecule has 2 aliphatic carbocycles. The van der Waals surface area contributed by atoms with E-state index in [1.165, 1.54) is 12.1 Å². The standard InChI is InChI=1S/C38H58O6/c1-22(2)11-13-27(25(7)8)20-37-21-28(15-12-23(3)4)36(9,10)38(35(37)44,18-17-24(5)6)34(43)31(33(37)42)32(41)26-14-16-29(39)30(40)19-26/h14,16,19,22-25,27-28,39-41H,11-13,15,17-18,20-21H2,1-10H3. The lowest BCUT2D eigenvalue weighted by atomic mass is 9.38. The van der Waals surface area contributed by atoms with E-state index in [2.05, 4.69) is 55.4 Å². The van der Waals surface area contributed by atoms with Gasteiger partial charge in [0.1, 0.15) is 11.3 Å². The van der Waals surface area contributed by atoms with Crippen molar-refractivity contribution in [2.75, 3.05) is 0 Å². The molecule has 6 heteroatoms. The number of allylic oxidation sites excluding steroid dienone is 1. The minimum Gasteiger partial charge on any atom is -0.506 e. The molecule has 0 aromatic heterocycles.